The number of fused-ring (bicyclic) bond motifs is 2. The Morgan fingerprint density at radius 2 is 0.881 bits per heavy atom. The molecule has 0 aliphatic rings. The van der Waals surface area contributed by atoms with Gasteiger partial charge < -0.3 is 10.2 Å². The highest BCUT2D eigenvalue weighted by atomic mass is 32.2. The van der Waals surface area contributed by atoms with Gasteiger partial charge in [-0.05, 0) is 69.8 Å². The standard InChI is InChI=1S/C38H34O2S2/c1-25-19-29(37(39)35(21-25)33-15-7-11-27-9-3-5-13-31(27)33)23-41-17-18-42-24-30-20-26(2)22-36(38(30)40)34-16-8-12-28-10-4-6-14-32(28)34/h3-16,19-22,39-40H,17-18,23-24H2,1-2H3. The third-order valence-corrected chi connectivity index (χ3v) is 9.99. The van der Waals surface area contributed by atoms with Gasteiger partial charge in [0.2, 0.25) is 0 Å². The number of aryl methyl sites for hydroxylation is 2. The normalized spacial score (nSPS) is 11.4. The van der Waals surface area contributed by atoms with Crippen molar-refractivity contribution in [2.24, 2.45) is 0 Å². The molecule has 6 aromatic rings. The van der Waals surface area contributed by atoms with Crippen molar-refractivity contribution >= 4 is 45.1 Å². The molecule has 0 heterocycles. The summed E-state index contributed by atoms with van der Waals surface area (Å²) in [5, 5.41) is 27.2. The van der Waals surface area contributed by atoms with E-state index in [0.29, 0.717) is 11.5 Å². The van der Waals surface area contributed by atoms with E-state index in [4.69, 9.17) is 0 Å². The van der Waals surface area contributed by atoms with Crippen molar-refractivity contribution in [3.05, 3.63) is 131 Å². The summed E-state index contributed by atoms with van der Waals surface area (Å²) in [6.45, 7) is 4.19. The van der Waals surface area contributed by atoms with Crippen LogP contribution in [0.3, 0.4) is 0 Å². The number of rotatable bonds is 9. The molecular formula is C38H34O2S2. The molecule has 6 aromatic carbocycles. The van der Waals surface area contributed by atoms with Crippen molar-refractivity contribution in [3.63, 3.8) is 0 Å². The Bertz CT molecular complexity index is 1740. The van der Waals surface area contributed by atoms with E-state index in [1.165, 1.54) is 10.8 Å². The molecule has 2 N–H and O–H groups in total. The van der Waals surface area contributed by atoms with E-state index >= 15 is 0 Å². The van der Waals surface area contributed by atoms with Crippen molar-refractivity contribution in [1.29, 1.82) is 0 Å². The van der Waals surface area contributed by atoms with E-state index in [1.807, 2.05) is 47.8 Å². The molecule has 0 aliphatic heterocycles. The second-order valence-corrected chi connectivity index (χ2v) is 13.0. The zero-order chi connectivity index (χ0) is 29.1. The zero-order valence-electron chi connectivity index (χ0n) is 23.9. The highest BCUT2D eigenvalue weighted by Gasteiger charge is 2.15. The maximum Gasteiger partial charge on any atom is 0.127 e. The summed E-state index contributed by atoms with van der Waals surface area (Å²) in [4.78, 5) is 0. The molecule has 0 fully saturated rings. The van der Waals surface area contributed by atoms with Crippen LogP contribution < -0.4 is 0 Å². The van der Waals surface area contributed by atoms with Crippen LogP contribution in [0.5, 0.6) is 11.5 Å². The Morgan fingerprint density at radius 3 is 1.33 bits per heavy atom. The third kappa shape index (κ3) is 5.88. The molecule has 2 nitrogen and oxygen atoms in total. The molecule has 0 saturated heterocycles. The van der Waals surface area contributed by atoms with Crippen molar-refractivity contribution in [1.82, 2.24) is 0 Å². The van der Waals surface area contributed by atoms with Crippen molar-refractivity contribution in [2.75, 3.05) is 11.5 Å². The summed E-state index contributed by atoms with van der Waals surface area (Å²) in [5.41, 5.74) is 8.18. The molecule has 0 amide bonds. The maximum atomic E-state index is 11.3. The number of phenolic OH excluding ortho intramolecular Hbond substituents is 2. The Labute approximate surface area is 256 Å². The minimum atomic E-state index is 0.378. The Morgan fingerprint density at radius 1 is 0.476 bits per heavy atom. The predicted molar refractivity (Wildman–Crippen MR) is 184 cm³/mol. The molecule has 6 rings (SSSR count). The monoisotopic (exact) mass is 586 g/mol. The van der Waals surface area contributed by atoms with Gasteiger partial charge in [-0.1, -0.05) is 97.1 Å². The summed E-state index contributed by atoms with van der Waals surface area (Å²) in [6, 6.07) is 37.6. The highest BCUT2D eigenvalue weighted by molar-refractivity contribution is 8.02. The van der Waals surface area contributed by atoms with E-state index in [9.17, 15) is 10.2 Å². The van der Waals surface area contributed by atoms with Gasteiger partial charge >= 0.3 is 0 Å². The molecule has 0 radical (unpaired) electrons. The van der Waals surface area contributed by atoms with Gasteiger partial charge in [0, 0.05) is 45.3 Å². The van der Waals surface area contributed by atoms with Gasteiger partial charge in [-0.25, -0.2) is 0 Å². The van der Waals surface area contributed by atoms with Gasteiger partial charge in [0.25, 0.3) is 0 Å². The highest BCUT2D eigenvalue weighted by Crippen LogP contribution is 2.40. The quantitative estimate of drug-likeness (QED) is 0.165. The van der Waals surface area contributed by atoms with E-state index in [-0.39, 0.29) is 0 Å². The Kier molecular flexibility index (Phi) is 8.46. The summed E-state index contributed by atoms with van der Waals surface area (Å²) in [7, 11) is 0. The smallest absolute Gasteiger partial charge is 0.127 e. The first-order valence-corrected chi connectivity index (χ1v) is 16.6. The number of thioether (sulfide) groups is 2. The fraction of sp³-hybridized carbons (Fsp3) is 0.158. The van der Waals surface area contributed by atoms with Crippen LogP contribution in [0.2, 0.25) is 0 Å². The number of phenols is 2. The lowest BCUT2D eigenvalue weighted by Gasteiger charge is -2.14. The number of aromatic hydroxyl groups is 2. The topological polar surface area (TPSA) is 40.5 Å². The van der Waals surface area contributed by atoms with Crippen LogP contribution in [0.25, 0.3) is 43.8 Å². The predicted octanol–water partition coefficient (Wildman–Crippen LogP) is 10.5. The average molecular weight is 587 g/mol. The third-order valence-electron chi connectivity index (χ3n) is 7.71. The lowest BCUT2D eigenvalue weighted by molar-refractivity contribution is 0.472. The van der Waals surface area contributed by atoms with Crippen LogP contribution in [0.1, 0.15) is 22.3 Å². The number of hydrogen-bond acceptors (Lipinski definition) is 4. The van der Waals surface area contributed by atoms with Crippen LogP contribution >= 0.6 is 23.5 Å². The lowest BCUT2D eigenvalue weighted by Crippen LogP contribution is -1.93. The molecule has 0 spiro atoms. The zero-order valence-corrected chi connectivity index (χ0v) is 25.6. The van der Waals surface area contributed by atoms with Crippen molar-refractivity contribution in [3.8, 4) is 33.8 Å². The fourth-order valence-electron chi connectivity index (χ4n) is 5.74. The number of hydrogen-bond donors (Lipinski definition) is 2. The first-order chi connectivity index (χ1) is 20.5. The van der Waals surface area contributed by atoms with E-state index in [1.54, 1.807) is 0 Å². The van der Waals surface area contributed by atoms with Crippen LogP contribution in [-0.2, 0) is 11.5 Å². The van der Waals surface area contributed by atoms with Crippen LogP contribution in [-0.4, -0.2) is 21.7 Å². The SMILES string of the molecule is Cc1cc(CSCCSCc2cc(C)cc(-c3cccc4ccccc34)c2O)c(O)c(-c2cccc3ccccc23)c1. The molecule has 0 saturated carbocycles. The van der Waals surface area contributed by atoms with E-state index in [0.717, 1.165) is 78.3 Å². The largest absolute Gasteiger partial charge is 0.507 e. The van der Waals surface area contributed by atoms with Crippen molar-refractivity contribution in [2.45, 2.75) is 25.4 Å². The molecule has 0 atom stereocenters. The van der Waals surface area contributed by atoms with E-state index in [2.05, 4.69) is 98.8 Å². The second-order valence-electron chi connectivity index (χ2n) is 10.8. The van der Waals surface area contributed by atoms with Gasteiger partial charge in [0.1, 0.15) is 11.5 Å². The first-order valence-electron chi connectivity index (χ1n) is 14.3. The molecule has 210 valence electrons. The van der Waals surface area contributed by atoms with Crippen LogP contribution in [0.15, 0.2) is 109 Å². The van der Waals surface area contributed by atoms with Crippen LogP contribution in [0.4, 0.5) is 0 Å². The molecule has 4 heteroatoms. The molecule has 0 unspecified atom stereocenters. The Hall–Kier alpha value is -3.86. The summed E-state index contributed by atoms with van der Waals surface area (Å²) in [5.74, 6) is 4.19. The van der Waals surface area contributed by atoms with Gasteiger partial charge in [-0.2, -0.15) is 23.5 Å². The van der Waals surface area contributed by atoms with Crippen molar-refractivity contribution < 1.29 is 10.2 Å². The van der Waals surface area contributed by atoms with Gasteiger partial charge in [0.05, 0.1) is 0 Å². The maximum absolute atomic E-state index is 11.3. The van der Waals surface area contributed by atoms with E-state index < -0.39 is 0 Å². The van der Waals surface area contributed by atoms with Gasteiger partial charge in [-0.3, -0.25) is 0 Å². The van der Waals surface area contributed by atoms with Crippen LogP contribution in [0, 0.1) is 13.8 Å². The number of benzene rings is 6. The van der Waals surface area contributed by atoms with Gasteiger partial charge in [-0.15, -0.1) is 0 Å². The molecule has 0 aliphatic carbocycles. The second kappa shape index (κ2) is 12.6. The molecule has 0 aromatic heterocycles. The molecule has 42 heavy (non-hydrogen) atoms. The molecular weight excluding hydrogens is 553 g/mol. The fourth-order valence-corrected chi connectivity index (χ4v) is 7.85. The first kappa shape index (κ1) is 28.3. The minimum Gasteiger partial charge on any atom is -0.507 e. The summed E-state index contributed by atoms with van der Waals surface area (Å²) in [6.07, 6.45) is 0. The van der Waals surface area contributed by atoms with Gasteiger partial charge in [0.15, 0.2) is 0 Å². The minimum absolute atomic E-state index is 0.378. The Balaban J connectivity index is 1.11. The molecule has 0 bridgehead atoms. The summed E-state index contributed by atoms with van der Waals surface area (Å²) < 4.78 is 0. The average Bonchev–Trinajstić information content (AvgIpc) is 3.01. The lowest BCUT2D eigenvalue weighted by atomic mass is 9.94. The summed E-state index contributed by atoms with van der Waals surface area (Å²) >= 11 is 3.67.